The summed E-state index contributed by atoms with van der Waals surface area (Å²) in [6, 6.07) is 27.4. The molecule has 1 N–H and O–H groups in total. The van der Waals surface area contributed by atoms with E-state index >= 15 is 0 Å². The average Bonchev–Trinajstić information content (AvgIpc) is 3.05. The van der Waals surface area contributed by atoms with Crippen LogP contribution in [0.4, 0.5) is 0 Å². The number of nitrogens with one attached hydrogen (secondary N) is 1. The number of carbonyl (C=O) groups excluding carboxylic acids is 3. The lowest BCUT2D eigenvalue weighted by atomic mass is 9.88. The molecule has 0 bridgehead atoms. The van der Waals surface area contributed by atoms with E-state index in [1.807, 2.05) is 82.6 Å². The molecule has 220 valence electrons. The Kier molecular flexibility index (Phi) is 9.90. The Hall–Kier alpha value is -4.13. The Bertz CT molecular complexity index is 1310. The maximum Gasteiger partial charge on any atom is 0.254 e. The fourth-order valence-electron chi connectivity index (χ4n) is 6.17. The number of amides is 3. The second-order valence-electron chi connectivity index (χ2n) is 11.5. The smallest absolute Gasteiger partial charge is 0.254 e. The minimum atomic E-state index is -0.0604. The lowest BCUT2D eigenvalue weighted by Gasteiger charge is -2.38. The molecule has 7 nitrogen and oxygen atoms in total. The van der Waals surface area contributed by atoms with Crippen LogP contribution >= 0.6 is 0 Å². The molecule has 0 aromatic heterocycles. The number of hydrogen-bond donors (Lipinski definition) is 1. The van der Waals surface area contributed by atoms with E-state index < -0.39 is 0 Å². The molecule has 0 unspecified atom stereocenters. The van der Waals surface area contributed by atoms with Crippen molar-refractivity contribution in [2.75, 3.05) is 20.2 Å². The zero-order valence-corrected chi connectivity index (χ0v) is 24.4. The summed E-state index contributed by atoms with van der Waals surface area (Å²) < 4.78 is 5.27. The molecule has 1 saturated heterocycles. The predicted octanol–water partition coefficient (Wildman–Crippen LogP) is 5.25. The van der Waals surface area contributed by atoms with Gasteiger partial charge in [0.25, 0.3) is 5.91 Å². The van der Waals surface area contributed by atoms with Crippen molar-refractivity contribution in [3.05, 3.63) is 102 Å². The summed E-state index contributed by atoms with van der Waals surface area (Å²) >= 11 is 0. The van der Waals surface area contributed by atoms with Gasteiger partial charge in [0.15, 0.2) is 0 Å². The molecule has 3 aromatic rings. The first kappa shape index (κ1) is 29.4. The standard InChI is InChI=1S/C35H41N3O4/c1-42-32-18-12-29(13-19-32)35(41)38(25-27-10-6-3-7-11-27)31-16-14-30(15-17-31)36-34(40)28-20-22-37(23-21-28)33(39)24-26-8-4-2-5-9-26/h2-13,18-19,28,30-31H,14-17,20-25H2,1H3,(H,36,40). The maximum absolute atomic E-state index is 13.7. The normalized spacial score (nSPS) is 19.1. The number of benzene rings is 3. The summed E-state index contributed by atoms with van der Waals surface area (Å²) in [6.07, 6.45) is 5.16. The average molecular weight is 568 g/mol. The van der Waals surface area contributed by atoms with E-state index in [1.54, 1.807) is 7.11 Å². The highest BCUT2D eigenvalue weighted by atomic mass is 16.5. The second-order valence-corrected chi connectivity index (χ2v) is 11.5. The number of hydrogen-bond acceptors (Lipinski definition) is 4. The zero-order chi connectivity index (χ0) is 29.3. The molecule has 1 heterocycles. The van der Waals surface area contributed by atoms with Crippen molar-refractivity contribution in [1.29, 1.82) is 0 Å². The molecule has 3 amide bonds. The third-order valence-electron chi connectivity index (χ3n) is 8.69. The van der Waals surface area contributed by atoms with E-state index in [9.17, 15) is 14.4 Å². The van der Waals surface area contributed by atoms with Crippen LogP contribution in [0.15, 0.2) is 84.9 Å². The lowest BCUT2D eigenvalue weighted by Crippen LogP contribution is -2.48. The van der Waals surface area contributed by atoms with Crippen molar-refractivity contribution in [3.8, 4) is 5.75 Å². The number of likely N-dealkylation sites (tertiary alicyclic amines) is 1. The molecule has 2 fully saturated rings. The van der Waals surface area contributed by atoms with Crippen LogP contribution in [0.25, 0.3) is 0 Å². The van der Waals surface area contributed by atoms with Crippen LogP contribution in [-0.2, 0) is 22.6 Å². The lowest BCUT2D eigenvalue weighted by molar-refractivity contribution is -0.135. The highest BCUT2D eigenvalue weighted by molar-refractivity contribution is 5.94. The summed E-state index contributed by atoms with van der Waals surface area (Å²) in [6.45, 7) is 1.80. The van der Waals surface area contributed by atoms with Crippen molar-refractivity contribution in [1.82, 2.24) is 15.1 Å². The van der Waals surface area contributed by atoms with Gasteiger partial charge in [-0.3, -0.25) is 14.4 Å². The van der Waals surface area contributed by atoms with Crippen LogP contribution in [-0.4, -0.2) is 59.8 Å². The van der Waals surface area contributed by atoms with Gasteiger partial charge in [0.1, 0.15) is 5.75 Å². The Morgan fingerprint density at radius 2 is 1.38 bits per heavy atom. The van der Waals surface area contributed by atoms with Gasteiger partial charge in [0.2, 0.25) is 11.8 Å². The highest BCUT2D eigenvalue weighted by Gasteiger charge is 2.32. The van der Waals surface area contributed by atoms with Gasteiger partial charge in [-0.2, -0.15) is 0 Å². The van der Waals surface area contributed by atoms with Crippen LogP contribution < -0.4 is 10.1 Å². The SMILES string of the molecule is COc1ccc(C(=O)N(Cc2ccccc2)C2CCC(NC(=O)C3CCN(C(=O)Cc4ccccc4)CC3)CC2)cc1. The second kappa shape index (κ2) is 14.2. The van der Waals surface area contributed by atoms with Crippen molar-refractivity contribution in [2.24, 2.45) is 5.92 Å². The van der Waals surface area contributed by atoms with Crippen LogP contribution in [0.3, 0.4) is 0 Å². The Morgan fingerprint density at radius 3 is 1.98 bits per heavy atom. The van der Waals surface area contributed by atoms with Gasteiger partial charge in [-0.05, 0) is 73.9 Å². The topological polar surface area (TPSA) is 79.0 Å². The molecule has 5 rings (SSSR count). The summed E-state index contributed by atoms with van der Waals surface area (Å²) in [5.74, 6) is 0.908. The molecule has 0 radical (unpaired) electrons. The molecular formula is C35H41N3O4. The summed E-state index contributed by atoms with van der Waals surface area (Å²) in [5, 5.41) is 3.30. The minimum Gasteiger partial charge on any atom is -0.497 e. The van der Waals surface area contributed by atoms with E-state index in [-0.39, 0.29) is 35.7 Å². The van der Waals surface area contributed by atoms with E-state index in [1.165, 1.54) is 0 Å². The van der Waals surface area contributed by atoms with Crippen molar-refractivity contribution < 1.29 is 19.1 Å². The first-order valence-electron chi connectivity index (χ1n) is 15.1. The third kappa shape index (κ3) is 7.58. The number of nitrogens with zero attached hydrogens (tertiary/aromatic N) is 2. The Balaban J connectivity index is 1.13. The van der Waals surface area contributed by atoms with Gasteiger partial charge in [-0.1, -0.05) is 60.7 Å². The molecule has 0 atom stereocenters. The van der Waals surface area contributed by atoms with Gasteiger partial charge in [-0.15, -0.1) is 0 Å². The first-order valence-corrected chi connectivity index (χ1v) is 15.1. The zero-order valence-electron chi connectivity index (χ0n) is 24.4. The predicted molar refractivity (Wildman–Crippen MR) is 163 cm³/mol. The fraction of sp³-hybridized carbons (Fsp3) is 0.400. The fourth-order valence-corrected chi connectivity index (χ4v) is 6.17. The minimum absolute atomic E-state index is 0.0163. The Labute approximate surface area is 248 Å². The van der Waals surface area contributed by atoms with Gasteiger partial charge >= 0.3 is 0 Å². The number of rotatable bonds is 9. The molecule has 3 aromatic carbocycles. The van der Waals surface area contributed by atoms with E-state index in [2.05, 4.69) is 17.4 Å². The third-order valence-corrected chi connectivity index (χ3v) is 8.69. The van der Waals surface area contributed by atoms with Gasteiger partial charge < -0.3 is 19.9 Å². The van der Waals surface area contributed by atoms with Crippen molar-refractivity contribution >= 4 is 17.7 Å². The van der Waals surface area contributed by atoms with E-state index in [0.717, 1.165) is 42.6 Å². The van der Waals surface area contributed by atoms with Crippen LogP contribution in [0.1, 0.15) is 60.0 Å². The quantitative estimate of drug-likeness (QED) is 0.383. The van der Waals surface area contributed by atoms with Crippen LogP contribution in [0.2, 0.25) is 0 Å². The van der Waals surface area contributed by atoms with E-state index in [0.29, 0.717) is 44.5 Å². The summed E-state index contributed by atoms with van der Waals surface area (Å²) in [7, 11) is 1.62. The van der Waals surface area contributed by atoms with Gasteiger partial charge in [0.05, 0.1) is 13.5 Å². The van der Waals surface area contributed by atoms with E-state index in [4.69, 9.17) is 4.74 Å². The molecule has 2 aliphatic rings. The van der Waals surface area contributed by atoms with Crippen molar-refractivity contribution in [3.63, 3.8) is 0 Å². The number of ether oxygens (including phenoxy) is 1. The van der Waals surface area contributed by atoms with Crippen molar-refractivity contribution in [2.45, 2.75) is 63.6 Å². The molecule has 0 spiro atoms. The number of carbonyl (C=O) groups is 3. The van der Waals surface area contributed by atoms with Gasteiger partial charge in [-0.25, -0.2) is 0 Å². The number of methoxy groups -OCH3 is 1. The number of piperidine rings is 1. The molecular weight excluding hydrogens is 526 g/mol. The maximum atomic E-state index is 13.7. The van der Waals surface area contributed by atoms with Crippen LogP contribution in [0.5, 0.6) is 5.75 Å². The van der Waals surface area contributed by atoms with Gasteiger partial charge in [0, 0.05) is 43.2 Å². The first-order chi connectivity index (χ1) is 20.5. The Morgan fingerprint density at radius 1 is 0.786 bits per heavy atom. The largest absolute Gasteiger partial charge is 0.497 e. The molecule has 42 heavy (non-hydrogen) atoms. The molecule has 1 aliphatic carbocycles. The highest BCUT2D eigenvalue weighted by Crippen LogP contribution is 2.28. The molecule has 7 heteroatoms. The monoisotopic (exact) mass is 567 g/mol. The summed E-state index contributed by atoms with van der Waals surface area (Å²) in [5.41, 5.74) is 2.77. The summed E-state index contributed by atoms with van der Waals surface area (Å²) in [4.78, 5) is 43.4. The molecule has 1 saturated carbocycles. The molecule has 1 aliphatic heterocycles. The van der Waals surface area contributed by atoms with Crippen LogP contribution in [0, 0.1) is 5.92 Å².